The van der Waals surface area contributed by atoms with Crippen LogP contribution in [-0.4, -0.2) is 48.9 Å². The second-order valence-corrected chi connectivity index (χ2v) is 10.3. The molecule has 2 atom stereocenters. The molecule has 3 aromatic rings. The summed E-state index contributed by atoms with van der Waals surface area (Å²) in [5.74, 6) is 0.193. The van der Waals surface area contributed by atoms with Gasteiger partial charge < -0.3 is 14.5 Å². The average molecular weight is 462 g/mol. The van der Waals surface area contributed by atoms with E-state index in [9.17, 15) is 13.2 Å². The first-order chi connectivity index (χ1) is 14.8. The number of morpholine rings is 1. The van der Waals surface area contributed by atoms with Gasteiger partial charge in [0.15, 0.2) is 0 Å². The summed E-state index contributed by atoms with van der Waals surface area (Å²) in [7, 11) is -3.64. The van der Waals surface area contributed by atoms with Crippen LogP contribution in [0.3, 0.4) is 0 Å². The molecule has 0 aliphatic carbocycles. The molecule has 1 aliphatic heterocycles. The van der Waals surface area contributed by atoms with Gasteiger partial charge in [-0.1, -0.05) is 6.07 Å². The number of ether oxygens (including phenoxy) is 1. The lowest BCUT2D eigenvalue weighted by atomic mass is 10.2. The van der Waals surface area contributed by atoms with Crippen molar-refractivity contribution in [1.29, 1.82) is 0 Å². The van der Waals surface area contributed by atoms with Crippen molar-refractivity contribution in [1.82, 2.24) is 14.6 Å². The number of oxazole rings is 1. The molecule has 1 amide bonds. The van der Waals surface area contributed by atoms with Gasteiger partial charge in [-0.15, -0.1) is 11.3 Å². The normalized spacial score (nSPS) is 19.9. The number of aromatic nitrogens is 1. The Labute approximate surface area is 184 Å². The number of thiophene rings is 1. The second-order valence-electron chi connectivity index (χ2n) is 7.41. The second kappa shape index (κ2) is 8.91. The predicted molar refractivity (Wildman–Crippen MR) is 116 cm³/mol. The van der Waals surface area contributed by atoms with Crippen LogP contribution in [0, 0.1) is 0 Å². The number of hydrogen-bond donors (Lipinski definition) is 1. The highest BCUT2D eigenvalue weighted by molar-refractivity contribution is 7.89. The van der Waals surface area contributed by atoms with Crippen LogP contribution in [0.1, 0.15) is 29.9 Å². The molecule has 1 fully saturated rings. The summed E-state index contributed by atoms with van der Waals surface area (Å²) in [6, 6.07) is 9.76. The minimum Gasteiger partial charge on any atom is -0.443 e. The lowest BCUT2D eigenvalue weighted by Crippen LogP contribution is -2.48. The van der Waals surface area contributed by atoms with E-state index in [-0.39, 0.29) is 29.6 Å². The van der Waals surface area contributed by atoms with Crippen LogP contribution in [0.5, 0.6) is 0 Å². The van der Waals surface area contributed by atoms with Gasteiger partial charge in [-0.3, -0.25) is 4.79 Å². The van der Waals surface area contributed by atoms with Gasteiger partial charge in [0.1, 0.15) is 6.26 Å². The fraction of sp³-hybridized carbons (Fsp3) is 0.333. The zero-order chi connectivity index (χ0) is 22.0. The molecule has 4 rings (SSSR count). The molecule has 1 aromatic carbocycles. The van der Waals surface area contributed by atoms with E-state index >= 15 is 0 Å². The third kappa shape index (κ3) is 4.87. The zero-order valence-electron chi connectivity index (χ0n) is 17.1. The van der Waals surface area contributed by atoms with Crippen LogP contribution in [0.2, 0.25) is 0 Å². The first-order valence-electron chi connectivity index (χ1n) is 9.85. The number of benzene rings is 1. The quantitative estimate of drug-likeness (QED) is 0.605. The molecule has 164 valence electrons. The SMILES string of the molecule is C[C@@H]1CN(S(=O)(=O)c2ccc(C(=O)NCc3coc(-c4cccs4)n3)cc2)C[C@@H](C)O1. The van der Waals surface area contributed by atoms with E-state index in [1.165, 1.54) is 46.2 Å². The first kappa shape index (κ1) is 21.7. The van der Waals surface area contributed by atoms with Gasteiger partial charge in [-0.05, 0) is 49.6 Å². The number of rotatable bonds is 6. The van der Waals surface area contributed by atoms with Crippen LogP contribution < -0.4 is 5.32 Å². The molecule has 0 unspecified atom stereocenters. The number of nitrogens with one attached hydrogen (secondary N) is 1. The molecule has 1 aliphatic rings. The minimum absolute atomic E-state index is 0.155. The molecule has 0 spiro atoms. The van der Waals surface area contributed by atoms with Crippen molar-refractivity contribution in [2.24, 2.45) is 0 Å². The summed E-state index contributed by atoms with van der Waals surface area (Å²) in [6.45, 7) is 4.52. The lowest BCUT2D eigenvalue weighted by molar-refractivity contribution is -0.0440. The van der Waals surface area contributed by atoms with Crippen molar-refractivity contribution in [3.63, 3.8) is 0 Å². The molecule has 0 radical (unpaired) electrons. The van der Waals surface area contributed by atoms with Crippen LogP contribution in [0.4, 0.5) is 0 Å². The van der Waals surface area contributed by atoms with E-state index in [2.05, 4.69) is 10.3 Å². The Hall–Kier alpha value is -2.53. The summed E-state index contributed by atoms with van der Waals surface area (Å²) < 4.78 is 38.3. The van der Waals surface area contributed by atoms with Crippen molar-refractivity contribution < 1.29 is 22.4 Å². The van der Waals surface area contributed by atoms with Crippen molar-refractivity contribution in [3.05, 3.63) is 59.3 Å². The van der Waals surface area contributed by atoms with Gasteiger partial charge in [-0.25, -0.2) is 13.4 Å². The number of hydrogen-bond acceptors (Lipinski definition) is 7. The van der Waals surface area contributed by atoms with E-state index in [0.29, 0.717) is 30.2 Å². The van der Waals surface area contributed by atoms with E-state index in [4.69, 9.17) is 9.15 Å². The lowest BCUT2D eigenvalue weighted by Gasteiger charge is -2.34. The molecular formula is C21H23N3O5S2. The molecule has 8 nitrogen and oxygen atoms in total. The third-order valence-corrected chi connectivity index (χ3v) is 7.56. The zero-order valence-corrected chi connectivity index (χ0v) is 18.8. The maximum absolute atomic E-state index is 12.9. The molecule has 31 heavy (non-hydrogen) atoms. The maximum Gasteiger partial charge on any atom is 0.251 e. The largest absolute Gasteiger partial charge is 0.443 e. The van der Waals surface area contributed by atoms with Gasteiger partial charge in [-0.2, -0.15) is 4.31 Å². The first-order valence-corrected chi connectivity index (χ1v) is 12.2. The number of amides is 1. The van der Waals surface area contributed by atoms with Crippen LogP contribution in [0.15, 0.2) is 57.4 Å². The Morgan fingerprint density at radius 1 is 1.19 bits per heavy atom. The Balaban J connectivity index is 1.39. The summed E-state index contributed by atoms with van der Waals surface area (Å²) in [6.07, 6.45) is 1.18. The van der Waals surface area contributed by atoms with E-state index in [1.807, 2.05) is 31.4 Å². The minimum atomic E-state index is -3.64. The van der Waals surface area contributed by atoms with E-state index < -0.39 is 10.0 Å². The van der Waals surface area contributed by atoms with Crippen LogP contribution in [-0.2, 0) is 21.3 Å². The van der Waals surface area contributed by atoms with Gasteiger partial charge >= 0.3 is 0 Å². The van der Waals surface area contributed by atoms with Crippen molar-refractivity contribution in [3.8, 4) is 10.8 Å². The van der Waals surface area contributed by atoms with E-state index in [0.717, 1.165) is 4.88 Å². The highest BCUT2D eigenvalue weighted by Gasteiger charge is 2.32. The number of carbonyl (C=O) groups excluding carboxylic acids is 1. The molecule has 1 saturated heterocycles. The standard InChI is InChI=1S/C21H23N3O5S2/c1-14-11-24(12-15(2)29-14)31(26,27)18-7-5-16(6-8-18)20(25)22-10-17-13-28-21(23-17)19-4-3-9-30-19/h3-9,13-15H,10-12H2,1-2H3,(H,22,25)/t14-,15-/m1/s1. The summed E-state index contributed by atoms with van der Waals surface area (Å²) >= 11 is 1.52. The van der Waals surface area contributed by atoms with Gasteiger partial charge in [0.25, 0.3) is 5.91 Å². The van der Waals surface area contributed by atoms with E-state index in [1.54, 1.807) is 0 Å². The highest BCUT2D eigenvalue weighted by Crippen LogP contribution is 2.24. The van der Waals surface area contributed by atoms with Gasteiger partial charge in [0, 0.05) is 18.7 Å². The Morgan fingerprint density at radius 2 is 1.90 bits per heavy atom. The predicted octanol–water partition coefficient (Wildman–Crippen LogP) is 3.13. The number of carbonyl (C=O) groups is 1. The average Bonchev–Trinajstić information content (AvgIpc) is 3.43. The van der Waals surface area contributed by atoms with Gasteiger partial charge in [0.2, 0.25) is 15.9 Å². The fourth-order valence-electron chi connectivity index (χ4n) is 3.43. The Morgan fingerprint density at radius 3 is 2.55 bits per heavy atom. The Kier molecular flexibility index (Phi) is 6.24. The van der Waals surface area contributed by atoms with Crippen molar-refractivity contribution in [2.45, 2.75) is 37.5 Å². The number of sulfonamides is 1. The molecule has 0 bridgehead atoms. The summed E-state index contributed by atoms with van der Waals surface area (Å²) in [5.41, 5.74) is 0.969. The van der Waals surface area contributed by atoms with Gasteiger partial charge in [0.05, 0.1) is 34.2 Å². The molecule has 2 aromatic heterocycles. The molecule has 3 heterocycles. The Bertz CT molecular complexity index is 1130. The smallest absolute Gasteiger partial charge is 0.251 e. The maximum atomic E-state index is 12.9. The molecular weight excluding hydrogens is 438 g/mol. The third-order valence-electron chi connectivity index (χ3n) is 4.85. The van der Waals surface area contributed by atoms with Crippen molar-refractivity contribution in [2.75, 3.05) is 13.1 Å². The number of nitrogens with zero attached hydrogens (tertiary/aromatic N) is 2. The van der Waals surface area contributed by atoms with Crippen molar-refractivity contribution >= 4 is 27.3 Å². The summed E-state index contributed by atoms with van der Waals surface area (Å²) in [5, 5.41) is 4.71. The molecule has 1 N–H and O–H groups in total. The topological polar surface area (TPSA) is 102 Å². The van der Waals surface area contributed by atoms with Crippen LogP contribution >= 0.6 is 11.3 Å². The highest BCUT2D eigenvalue weighted by atomic mass is 32.2. The molecule has 0 saturated carbocycles. The monoisotopic (exact) mass is 461 g/mol. The fourth-order valence-corrected chi connectivity index (χ4v) is 5.67. The molecule has 10 heteroatoms. The summed E-state index contributed by atoms with van der Waals surface area (Å²) in [4.78, 5) is 17.9. The van der Waals surface area contributed by atoms with Crippen LogP contribution in [0.25, 0.3) is 10.8 Å².